The minimum Gasteiger partial charge on any atom is -0.493 e. The molecule has 1 aliphatic rings. The van der Waals surface area contributed by atoms with E-state index in [0.717, 1.165) is 5.56 Å². The van der Waals surface area contributed by atoms with Gasteiger partial charge in [0.05, 0.1) is 46.1 Å². The van der Waals surface area contributed by atoms with E-state index in [2.05, 4.69) is 0 Å². The number of hydrogen-bond acceptors (Lipinski definition) is 7. The zero-order valence-corrected chi connectivity index (χ0v) is 21.0. The lowest BCUT2D eigenvalue weighted by molar-refractivity contribution is -0.126. The predicted molar refractivity (Wildman–Crippen MR) is 131 cm³/mol. The largest absolute Gasteiger partial charge is 0.524 e. The third-order valence-corrected chi connectivity index (χ3v) is 6.36. The highest BCUT2D eigenvalue weighted by Crippen LogP contribution is 2.53. The molecule has 0 aromatic heterocycles. The number of hydrogen-bond donors (Lipinski definition) is 2. The minimum absolute atomic E-state index is 0.140. The first-order valence-electron chi connectivity index (χ1n) is 10.8. The van der Waals surface area contributed by atoms with E-state index in [9.17, 15) is 19.1 Å². The number of anilines is 1. The average Bonchev–Trinajstić information content (AvgIpc) is 2.86. The van der Waals surface area contributed by atoms with Crippen molar-refractivity contribution in [2.75, 3.05) is 33.3 Å². The predicted octanol–water partition coefficient (Wildman–Crippen LogP) is 4.06. The molecule has 1 heterocycles. The van der Waals surface area contributed by atoms with E-state index in [1.807, 2.05) is 30.3 Å². The van der Waals surface area contributed by atoms with E-state index in [-0.39, 0.29) is 17.4 Å². The zero-order valence-electron chi connectivity index (χ0n) is 20.1. The molecular weight excluding hydrogens is 489 g/mol. The summed E-state index contributed by atoms with van der Waals surface area (Å²) in [6.45, 7) is 0. The normalized spacial score (nSPS) is 17.3. The van der Waals surface area contributed by atoms with E-state index in [1.165, 1.54) is 34.5 Å². The Bertz CT molecular complexity index is 1280. The summed E-state index contributed by atoms with van der Waals surface area (Å²) in [6, 6.07) is 16.8. The number of β-lactam (4-membered cyclic amide) rings is 1. The molecule has 10 nitrogen and oxygen atoms in total. The van der Waals surface area contributed by atoms with Crippen molar-refractivity contribution in [3.05, 3.63) is 71.8 Å². The van der Waals surface area contributed by atoms with Crippen molar-refractivity contribution in [3.8, 4) is 28.7 Å². The fraction of sp³-hybridized carbons (Fsp3) is 0.240. The van der Waals surface area contributed by atoms with Crippen molar-refractivity contribution < 1.29 is 42.6 Å². The number of nitrogens with zero attached hydrogens (tertiary/aromatic N) is 1. The molecule has 36 heavy (non-hydrogen) atoms. The van der Waals surface area contributed by atoms with Crippen molar-refractivity contribution in [3.63, 3.8) is 0 Å². The maximum Gasteiger partial charge on any atom is 0.524 e. The maximum absolute atomic E-state index is 13.6. The third kappa shape index (κ3) is 4.70. The highest BCUT2D eigenvalue weighted by atomic mass is 31.2. The first kappa shape index (κ1) is 25.4. The first-order chi connectivity index (χ1) is 17.2. The number of phosphoric acid groups is 1. The summed E-state index contributed by atoms with van der Waals surface area (Å²) in [5.74, 6) is 0.413. The van der Waals surface area contributed by atoms with Crippen LogP contribution in [0.3, 0.4) is 0 Å². The summed E-state index contributed by atoms with van der Waals surface area (Å²) in [6.07, 6.45) is 0. The number of carbonyl (C=O) groups excluding carboxylic acids is 1. The summed E-state index contributed by atoms with van der Waals surface area (Å²) >= 11 is 0. The first-order valence-corrected chi connectivity index (χ1v) is 12.4. The second kappa shape index (κ2) is 10.1. The van der Waals surface area contributed by atoms with Gasteiger partial charge in [-0.2, -0.15) is 0 Å². The number of amides is 1. The Morgan fingerprint density at radius 2 is 1.36 bits per heavy atom. The van der Waals surface area contributed by atoms with Gasteiger partial charge in [0.15, 0.2) is 23.0 Å². The smallest absolute Gasteiger partial charge is 0.493 e. The van der Waals surface area contributed by atoms with Gasteiger partial charge in [-0.3, -0.25) is 14.6 Å². The highest BCUT2D eigenvalue weighted by molar-refractivity contribution is 7.46. The van der Waals surface area contributed by atoms with Crippen LogP contribution in [-0.4, -0.2) is 44.1 Å². The number of benzene rings is 3. The van der Waals surface area contributed by atoms with Gasteiger partial charge in [-0.15, -0.1) is 0 Å². The van der Waals surface area contributed by atoms with E-state index in [4.69, 9.17) is 23.5 Å². The Hall–Kier alpha value is -3.72. The lowest BCUT2D eigenvalue weighted by Crippen LogP contribution is -2.53. The van der Waals surface area contributed by atoms with Gasteiger partial charge in [-0.1, -0.05) is 36.4 Å². The molecule has 0 radical (unpaired) electrons. The van der Waals surface area contributed by atoms with Crippen LogP contribution in [0.2, 0.25) is 0 Å². The lowest BCUT2D eigenvalue weighted by atomic mass is 9.77. The maximum atomic E-state index is 13.6. The van der Waals surface area contributed by atoms with Crippen LogP contribution in [-0.2, 0) is 9.36 Å². The standard InChI is InChI=1S/C25H26NO9P/c1-31-18-11-10-16(12-19(18)35-36(28,29)30)23-22(15-8-6-5-7-9-15)25(27)26(23)17-13-20(32-2)24(34-4)21(14-17)33-3/h5-14,22-23H,1-4H3,(H2,28,29,30)/t22-,23-/m0/s1. The third-order valence-electron chi connectivity index (χ3n) is 5.93. The molecule has 0 spiro atoms. The molecule has 4 rings (SSSR count). The molecule has 2 atom stereocenters. The average molecular weight is 515 g/mol. The van der Waals surface area contributed by atoms with Gasteiger partial charge in [-0.05, 0) is 23.3 Å². The monoisotopic (exact) mass is 515 g/mol. The molecular formula is C25H26NO9P. The van der Waals surface area contributed by atoms with Gasteiger partial charge in [-0.25, -0.2) is 4.57 Å². The summed E-state index contributed by atoms with van der Waals surface area (Å²) in [5, 5.41) is 0. The van der Waals surface area contributed by atoms with E-state index in [1.54, 1.807) is 29.2 Å². The minimum atomic E-state index is -4.87. The van der Waals surface area contributed by atoms with Gasteiger partial charge < -0.3 is 28.4 Å². The van der Waals surface area contributed by atoms with Gasteiger partial charge >= 0.3 is 7.82 Å². The molecule has 1 fully saturated rings. The van der Waals surface area contributed by atoms with Gasteiger partial charge in [0.1, 0.15) is 0 Å². The van der Waals surface area contributed by atoms with Crippen LogP contribution in [0.15, 0.2) is 60.7 Å². The van der Waals surface area contributed by atoms with Crippen molar-refractivity contribution in [2.45, 2.75) is 12.0 Å². The number of phosphoric ester groups is 1. The highest BCUT2D eigenvalue weighted by Gasteiger charge is 2.50. The Balaban J connectivity index is 1.86. The Labute approximate surface area is 208 Å². The topological polar surface area (TPSA) is 124 Å². The van der Waals surface area contributed by atoms with Crippen molar-refractivity contribution in [1.29, 1.82) is 0 Å². The second-order valence-electron chi connectivity index (χ2n) is 7.92. The van der Waals surface area contributed by atoms with Crippen LogP contribution in [0.1, 0.15) is 23.1 Å². The van der Waals surface area contributed by atoms with Crippen LogP contribution in [0.4, 0.5) is 5.69 Å². The zero-order chi connectivity index (χ0) is 26.0. The van der Waals surface area contributed by atoms with Crippen molar-refractivity contribution in [1.82, 2.24) is 0 Å². The Kier molecular flexibility index (Phi) is 7.12. The van der Waals surface area contributed by atoms with Crippen LogP contribution in [0.25, 0.3) is 0 Å². The van der Waals surface area contributed by atoms with E-state index >= 15 is 0 Å². The molecule has 1 amide bonds. The van der Waals surface area contributed by atoms with Crippen molar-refractivity contribution in [2.24, 2.45) is 0 Å². The second-order valence-corrected chi connectivity index (χ2v) is 9.08. The van der Waals surface area contributed by atoms with Crippen molar-refractivity contribution >= 4 is 19.4 Å². The summed E-state index contributed by atoms with van der Waals surface area (Å²) < 4.78 is 38.0. The Morgan fingerprint density at radius 1 is 0.750 bits per heavy atom. The van der Waals surface area contributed by atoms with Crippen LogP contribution in [0, 0.1) is 0 Å². The Morgan fingerprint density at radius 3 is 1.89 bits per heavy atom. The van der Waals surface area contributed by atoms with E-state index in [0.29, 0.717) is 28.5 Å². The SMILES string of the molecule is COc1ccc([C@H]2[C@H](c3ccccc3)C(=O)N2c2cc(OC)c(OC)c(OC)c2)cc1OP(=O)(O)O. The molecule has 3 aromatic carbocycles. The van der Waals surface area contributed by atoms with Gasteiger partial charge in [0.25, 0.3) is 0 Å². The fourth-order valence-electron chi connectivity index (χ4n) is 4.39. The summed E-state index contributed by atoms with van der Waals surface area (Å²) in [5.41, 5.74) is 1.88. The van der Waals surface area contributed by atoms with Gasteiger partial charge in [0.2, 0.25) is 11.7 Å². The molecule has 190 valence electrons. The van der Waals surface area contributed by atoms with Crippen LogP contribution >= 0.6 is 7.82 Å². The van der Waals surface area contributed by atoms with Crippen LogP contribution < -0.4 is 28.4 Å². The molecule has 3 aromatic rings. The fourth-order valence-corrected chi connectivity index (χ4v) is 4.79. The lowest BCUT2D eigenvalue weighted by Gasteiger charge is -2.48. The molecule has 0 bridgehead atoms. The van der Waals surface area contributed by atoms with Crippen LogP contribution in [0.5, 0.6) is 28.7 Å². The summed E-state index contributed by atoms with van der Waals surface area (Å²) in [7, 11) is 0.958. The molecule has 1 aliphatic heterocycles. The molecule has 0 saturated carbocycles. The summed E-state index contributed by atoms with van der Waals surface area (Å²) in [4.78, 5) is 33.9. The molecule has 0 unspecified atom stereocenters. The van der Waals surface area contributed by atoms with Gasteiger partial charge in [0, 0.05) is 12.1 Å². The molecule has 0 aliphatic carbocycles. The molecule has 2 N–H and O–H groups in total. The molecule has 11 heteroatoms. The number of rotatable bonds is 9. The number of methoxy groups -OCH3 is 4. The quantitative estimate of drug-likeness (QED) is 0.321. The number of carbonyl (C=O) groups is 1. The van der Waals surface area contributed by atoms with E-state index < -0.39 is 19.8 Å². The number of ether oxygens (including phenoxy) is 4. The molecule has 1 saturated heterocycles.